The molecule has 1 heterocycles. The standard InChI is InChI=1S/C18H27N3O/c1-5-21(6-2)12-8-11-19-16-10-7-9-15-14(3)13-17(22-4)20-18(15)16/h7,9-10,13,19H,5-6,8,11-12H2,1-4H3. The van der Waals surface area contributed by atoms with E-state index >= 15 is 0 Å². The fourth-order valence-electron chi connectivity index (χ4n) is 2.70. The second kappa shape index (κ2) is 7.99. The number of nitrogens with one attached hydrogen (secondary N) is 1. The van der Waals surface area contributed by atoms with Crippen molar-refractivity contribution in [3.05, 3.63) is 29.8 Å². The maximum atomic E-state index is 5.30. The third-order valence-corrected chi connectivity index (χ3v) is 4.09. The first-order valence-electron chi connectivity index (χ1n) is 8.10. The van der Waals surface area contributed by atoms with Crippen molar-refractivity contribution in [2.45, 2.75) is 27.2 Å². The van der Waals surface area contributed by atoms with Crippen molar-refractivity contribution < 1.29 is 4.74 Å². The molecule has 4 nitrogen and oxygen atoms in total. The molecule has 0 atom stereocenters. The SMILES string of the molecule is CCN(CC)CCCNc1cccc2c(C)cc(OC)nc12. The highest BCUT2D eigenvalue weighted by Crippen LogP contribution is 2.27. The largest absolute Gasteiger partial charge is 0.481 e. The number of aromatic nitrogens is 1. The summed E-state index contributed by atoms with van der Waals surface area (Å²) in [6.45, 7) is 10.8. The molecule has 0 aliphatic rings. The fraction of sp³-hybridized carbons (Fsp3) is 0.500. The normalized spacial score (nSPS) is 11.1. The number of anilines is 1. The molecule has 2 aromatic rings. The average Bonchev–Trinajstić information content (AvgIpc) is 2.55. The van der Waals surface area contributed by atoms with E-state index in [1.807, 2.05) is 6.07 Å². The maximum absolute atomic E-state index is 5.30. The molecule has 0 bridgehead atoms. The van der Waals surface area contributed by atoms with E-state index in [2.05, 4.69) is 54.2 Å². The molecule has 0 fully saturated rings. The summed E-state index contributed by atoms with van der Waals surface area (Å²) in [7, 11) is 1.66. The number of methoxy groups -OCH3 is 1. The van der Waals surface area contributed by atoms with Crippen LogP contribution < -0.4 is 10.1 Å². The van der Waals surface area contributed by atoms with E-state index in [0.29, 0.717) is 5.88 Å². The van der Waals surface area contributed by atoms with E-state index in [-0.39, 0.29) is 0 Å². The minimum atomic E-state index is 0.669. The summed E-state index contributed by atoms with van der Waals surface area (Å²) in [6, 6.07) is 8.26. The van der Waals surface area contributed by atoms with Crippen LogP contribution in [0.1, 0.15) is 25.8 Å². The lowest BCUT2D eigenvalue weighted by molar-refractivity contribution is 0.303. The Hall–Kier alpha value is -1.81. The first-order valence-corrected chi connectivity index (χ1v) is 8.10. The van der Waals surface area contributed by atoms with Crippen LogP contribution in [-0.2, 0) is 0 Å². The summed E-state index contributed by atoms with van der Waals surface area (Å²) in [5.41, 5.74) is 3.26. The molecule has 1 N–H and O–H groups in total. The van der Waals surface area contributed by atoms with Gasteiger partial charge in [-0.15, -0.1) is 0 Å². The predicted octanol–water partition coefficient (Wildman–Crippen LogP) is 3.70. The smallest absolute Gasteiger partial charge is 0.213 e. The molecule has 0 aliphatic carbocycles. The van der Waals surface area contributed by atoms with Crippen LogP contribution in [0.4, 0.5) is 5.69 Å². The number of nitrogens with zero attached hydrogens (tertiary/aromatic N) is 2. The van der Waals surface area contributed by atoms with Crippen LogP contribution in [0.3, 0.4) is 0 Å². The number of ether oxygens (including phenoxy) is 1. The highest BCUT2D eigenvalue weighted by molar-refractivity contribution is 5.92. The quantitative estimate of drug-likeness (QED) is 0.755. The molecule has 1 aromatic heterocycles. The number of para-hydroxylation sites is 1. The molecule has 0 saturated heterocycles. The van der Waals surface area contributed by atoms with E-state index in [4.69, 9.17) is 4.74 Å². The lowest BCUT2D eigenvalue weighted by Crippen LogP contribution is -2.25. The van der Waals surface area contributed by atoms with Crippen molar-refractivity contribution in [1.82, 2.24) is 9.88 Å². The Balaban J connectivity index is 2.09. The molecule has 120 valence electrons. The van der Waals surface area contributed by atoms with Crippen molar-refractivity contribution in [3.8, 4) is 5.88 Å². The third kappa shape index (κ3) is 3.89. The number of rotatable bonds is 8. The number of aryl methyl sites for hydroxylation is 1. The van der Waals surface area contributed by atoms with Crippen LogP contribution in [0.25, 0.3) is 10.9 Å². The lowest BCUT2D eigenvalue weighted by Gasteiger charge is -2.18. The van der Waals surface area contributed by atoms with Gasteiger partial charge in [-0.3, -0.25) is 0 Å². The van der Waals surface area contributed by atoms with Gasteiger partial charge >= 0.3 is 0 Å². The van der Waals surface area contributed by atoms with Gasteiger partial charge in [0.1, 0.15) is 0 Å². The number of hydrogen-bond acceptors (Lipinski definition) is 4. The van der Waals surface area contributed by atoms with Gasteiger partial charge in [0.05, 0.1) is 18.3 Å². The zero-order valence-electron chi connectivity index (χ0n) is 14.1. The molecule has 2 rings (SSSR count). The van der Waals surface area contributed by atoms with Crippen LogP contribution in [0.5, 0.6) is 5.88 Å². The van der Waals surface area contributed by atoms with Crippen LogP contribution in [-0.4, -0.2) is 43.2 Å². The Morgan fingerprint density at radius 2 is 2.00 bits per heavy atom. The van der Waals surface area contributed by atoms with Crippen LogP contribution in [0.15, 0.2) is 24.3 Å². The van der Waals surface area contributed by atoms with Gasteiger partial charge in [0.25, 0.3) is 0 Å². The number of fused-ring (bicyclic) bond motifs is 1. The summed E-state index contributed by atoms with van der Waals surface area (Å²) < 4.78 is 5.30. The first-order chi connectivity index (χ1) is 10.7. The van der Waals surface area contributed by atoms with Crippen LogP contribution >= 0.6 is 0 Å². The van der Waals surface area contributed by atoms with Gasteiger partial charge in [0.15, 0.2) is 0 Å². The van der Waals surface area contributed by atoms with E-state index < -0.39 is 0 Å². The minimum Gasteiger partial charge on any atom is -0.481 e. The third-order valence-electron chi connectivity index (χ3n) is 4.09. The summed E-state index contributed by atoms with van der Waals surface area (Å²) >= 11 is 0. The van der Waals surface area contributed by atoms with Crippen LogP contribution in [0, 0.1) is 6.92 Å². The molecule has 4 heteroatoms. The molecule has 1 aromatic carbocycles. The van der Waals surface area contributed by atoms with E-state index in [1.165, 1.54) is 10.9 Å². The number of hydrogen-bond donors (Lipinski definition) is 1. The second-order valence-corrected chi connectivity index (χ2v) is 5.49. The Bertz CT molecular complexity index is 609. The van der Waals surface area contributed by atoms with Crippen molar-refractivity contribution in [1.29, 1.82) is 0 Å². The Morgan fingerprint density at radius 3 is 2.68 bits per heavy atom. The monoisotopic (exact) mass is 301 g/mol. The van der Waals surface area contributed by atoms with E-state index in [0.717, 1.165) is 43.8 Å². The van der Waals surface area contributed by atoms with Gasteiger partial charge in [-0.05, 0) is 44.6 Å². The van der Waals surface area contributed by atoms with Gasteiger partial charge in [-0.25, -0.2) is 4.98 Å². The first kappa shape index (κ1) is 16.6. The predicted molar refractivity (Wildman–Crippen MR) is 93.9 cm³/mol. The molecule has 0 radical (unpaired) electrons. The summed E-state index contributed by atoms with van der Waals surface area (Å²) in [5, 5.41) is 4.70. The van der Waals surface area contributed by atoms with Crippen LogP contribution in [0.2, 0.25) is 0 Å². The molecule has 0 aliphatic heterocycles. The molecular formula is C18H27N3O. The van der Waals surface area contributed by atoms with Gasteiger partial charge in [0.2, 0.25) is 5.88 Å². The molecule has 0 spiro atoms. The maximum Gasteiger partial charge on any atom is 0.213 e. The second-order valence-electron chi connectivity index (χ2n) is 5.49. The van der Waals surface area contributed by atoms with Crippen molar-refractivity contribution in [2.24, 2.45) is 0 Å². The molecule has 0 unspecified atom stereocenters. The minimum absolute atomic E-state index is 0.669. The fourth-order valence-corrected chi connectivity index (χ4v) is 2.70. The highest BCUT2D eigenvalue weighted by Gasteiger charge is 2.07. The lowest BCUT2D eigenvalue weighted by atomic mass is 10.1. The molecule has 22 heavy (non-hydrogen) atoms. The topological polar surface area (TPSA) is 37.4 Å². The van der Waals surface area contributed by atoms with Gasteiger partial charge < -0.3 is 15.0 Å². The van der Waals surface area contributed by atoms with Crippen molar-refractivity contribution in [3.63, 3.8) is 0 Å². The average molecular weight is 301 g/mol. The van der Waals surface area contributed by atoms with Gasteiger partial charge in [0, 0.05) is 18.0 Å². The van der Waals surface area contributed by atoms with Crippen molar-refractivity contribution >= 4 is 16.6 Å². The Morgan fingerprint density at radius 1 is 1.23 bits per heavy atom. The zero-order valence-corrected chi connectivity index (χ0v) is 14.1. The highest BCUT2D eigenvalue weighted by atomic mass is 16.5. The van der Waals surface area contributed by atoms with Crippen molar-refractivity contribution in [2.75, 3.05) is 38.6 Å². The van der Waals surface area contributed by atoms with E-state index in [9.17, 15) is 0 Å². The van der Waals surface area contributed by atoms with E-state index in [1.54, 1.807) is 7.11 Å². The summed E-state index contributed by atoms with van der Waals surface area (Å²) in [4.78, 5) is 7.05. The molecule has 0 amide bonds. The van der Waals surface area contributed by atoms with Gasteiger partial charge in [-0.2, -0.15) is 0 Å². The zero-order chi connectivity index (χ0) is 15.9. The summed E-state index contributed by atoms with van der Waals surface area (Å²) in [6.07, 6.45) is 1.13. The number of pyridine rings is 1. The summed E-state index contributed by atoms with van der Waals surface area (Å²) in [5.74, 6) is 0.669. The molecular weight excluding hydrogens is 274 g/mol. The Kier molecular flexibility index (Phi) is 6.01. The number of benzene rings is 1. The van der Waals surface area contributed by atoms with Gasteiger partial charge in [-0.1, -0.05) is 26.0 Å². The molecule has 0 saturated carbocycles. The Labute approximate surface area is 133 Å².